The summed E-state index contributed by atoms with van der Waals surface area (Å²) in [6.45, 7) is 4.48. The van der Waals surface area contributed by atoms with Gasteiger partial charge in [-0.05, 0) is 31.7 Å². The van der Waals surface area contributed by atoms with Crippen LogP contribution in [-0.4, -0.2) is 32.8 Å². The summed E-state index contributed by atoms with van der Waals surface area (Å²) in [5.41, 5.74) is 0. The van der Waals surface area contributed by atoms with E-state index in [2.05, 4.69) is 10.4 Å². The van der Waals surface area contributed by atoms with Crippen molar-refractivity contribution in [3.8, 4) is 0 Å². The predicted octanol–water partition coefficient (Wildman–Crippen LogP) is 1.13. The third-order valence-electron chi connectivity index (χ3n) is 3.86. The fraction of sp³-hybridized carbons (Fsp3) is 0.643. The summed E-state index contributed by atoms with van der Waals surface area (Å²) in [6, 6.07) is 1.75. The molecule has 2 rings (SSSR count). The minimum Gasteiger partial charge on any atom is -0.481 e. The third kappa shape index (κ3) is 3.37. The second-order valence-corrected chi connectivity index (χ2v) is 5.77. The van der Waals surface area contributed by atoms with Gasteiger partial charge in [0, 0.05) is 18.4 Å². The number of carbonyl (C=O) groups excluding carboxylic acids is 1. The van der Waals surface area contributed by atoms with E-state index >= 15 is 0 Å². The molecule has 0 aliphatic heterocycles. The monoisotopic (exact) mass is 279 g/mol. The molecule has 1 heterocycles. The van der Waals surface area contributed by atoms with Gasteiger partial charge in [-0.1, -0.05) is 6.92 Å². The van der Waals surface area contributed by atoms with E-state index in [1.807, 2.05) is 26.1 Å². The summed E-state index contributed by atoms with van der Waals surface area (Å²) in [5.74, 6) is -1.70. The highest BCUT2D eigenvalue weighted by atomic mass is 16.4. The number of nitrogens with zero attached hydrogens (tertiary/aromatic N) is 2. The zero-order valence-corrected chi connectivity index (χ0v) is 11.8. The molecule has 0 bridgehead atoms. The third-order valence-corrected chi connectivity index (χ3v) is 3.86. The van der Waals surface area contributed by atoms with Crippen LogP contribution < -0.4 is 5.32 Å². The maximum Gasteiger partial charge on any atom is 0.307 e. The Labute approximate surface area is 118 Å². The van der Waals surface area contributed by atoms with Gasteiger partial charge in [0.2, 0.25) is 5.91 Å². The quantitative estimate of drug-likeness (QED) is 0.846. The summed E-state index contributed by atoms with van der Waals surface area (Å²) in [6.07, 6.45) is 4.76. The van der Waals surface area contributed by atoms with Gasteiger partial charge in [0.15, 0.2) is 0 Å². The van der Waals surface area contributed by atoms with E-state index in [0.717, 1.165) is 0 Å². The molecule has 1 amide bonds. The first kappa shape index (κ1) is 14.6. The summed E-state index contributed by atoms with van der Waals surface area (Å²) in [4.78, 5) is 23.5. The molecule has 6 heteroatoms. The van der Waals surface area contributed by atoms with Crippen LogP contribution in [0, 0.1) is 17.8 Å². The Morgan fingerprint density at radius 1 is 1.45 bits per heavy atom. The molecule has 1 aliphatic carbocycles. The Morgan fingerprint density at radius 2 is 2.15 bits per heavy atom. The molecule has 1 aromatic rings. The van der Waals surface area contributed by atoms with Crippen molar-refractivity contribution in [3.63, 3.8) is 0 Å². The number of aliphatic carboxylic acids is 1. The average molecular weight is 279 g/mol. The number of nitrogens with one attached hydrogen (secondary N) is 1. The molecule has 4 atom stereocenters. The molecule has 0 saturated heterocycles. The summed E-state index contributed by atoms with van der Waals surface area (Å²) < 4.78 is 1.75. The van der Waals surface area contributed by atoms with Crippen molar-refractivity contribution in [3.05, 3.63) is 18.5 Å². The second kappa shape index (κ2) is 6.07. The fourth-order valence-corrected chi connectivity index (χ4v) is 2.94. The van der Waals surface area contributed by atoms with Crippen molar-refractivity contribution in [2.24, 2.45) is 17.8 Å². The van der Waals surface area contributed by atoms with Crippen LogP contribution in [0.2, 0.25) is 0 Å². The molecule has 0 radical (unpaired) electrons. The molecule has 0 aromatic carbocycles. The standard InChI is InChI=1S/C14H21N3O3/c1-9-6-11(12(7-9)14(19)20)13(18)16-10(2)8-17-5-3-4-15-17/h3-5,9-12H,6-8H2,1-2H3,(H,16,18)(H,19,20). The van der Waals surface area contributed by atoms with Crippen molar-refractivity contribution in [2.75, 3.05) is 0 Å². The molecule has 2 N–H and O–H groups in total. The lowest BCUT2D eigenvalue weighted by Gasteiger charge is -2.19. The highest BCUT2D eigenvalue weighted by molar-refractivity contribution is 5.85. The summed E-state index contributed by atoms with van der Waals surface area (Å²) >= 11 is 0. The minimum atomic E-state index is -0.866. The lowest BCUT2D eigenvalue weighted by molar-refractivity contribution is -0.146. The molecular formula is C14H21N3O3. The van der Waals surface area contributed by atoms with Crippen LogP contribution in [0.25, 0.3) is 0 Å². The smallest absolute Gasteiger partial charge is 0.307 e. The predicted molar refractivity (Wildman–Crippen MR) is 72.8 cm³/mol. The first-order valence-electron chi connectivity index (χ1n) is 6.98. The second-order valence-electron chi connectivity index (χ2n) is 5.77. The van der Waals surface area contributed by atoms with Crippen LogP contribution in [0.15, 0.2) is 18.5 Å². The van der Waals surface area contributed by atoms with Crippen LogP contribution in [0.3, 0.4) is 0 Å². The molecule has 1 aliphatic rings. The van der Waals surface area contributed by atoms with Crippen molar-refractivity contribution < 1.29 is 14.7 Å². The van der Waals surface area contributed by atoms with Crippen LogP contribution >= 0.6 is 0 Å². The Kier molecular flexibility index (Phi) is 4.42. The van der Waals surface area contributed by atoms with Gasteiger partial charge >= 0.3 is 5.97 Å². The van der Waals surface area contributed by atoms with Gasteiger partial charge in [0.05, 0.1) is 18.4 Å². The van der Waals surface area contributed by atoms with E-state index in [4.69, 9.17) is 0 Å². The Hall–Kier alpha value is -1.85. The van der Waals surface area contributed by atoms with E-state index in [1.165, 1.54) is 0 Å². The maximum atomic E-state index is 12.2. The number of amides is 1. The molecule has 1 fully saturated rings. The molecule has 1 aromatic heterocycles. The topological polar surface area (TPSA) is 84.2 Å². The zero-order valence-electron chi connectivity index (χ0n) is 11.8. The van der Waals surface area contributed by atoms with Gasteiger partial charge < -0.3 is 10.4 Å². The zero-order chi connectivity index (χ0) is 14.7. The van der Waals surface area contributed by atoms with Crippen molar-refractivity contribution in [1.82, 2.24) is 15.1 Å². The first-order chi connectivity index (χ1) is 9.47. The van der Waals surface area contributed by atoms with Gasteiger partial charge in [-0.25, -0.2) is 0 Å². The lowest BCUT2D eigenvalue weighted by atomic mass is 9.95. The van der Waals surface area contributed by atoms with Crippen LogP contribution in [0.5, 0.6) is 0 Å². The first-order valence-corrected chi connectivity index (χ1v) is 6.98. The van der Waals surface area contributed by atoms with E-state index in [1.54, 1.807) is 10.9 Å². The van der Waals surface area contributed by atoms with Crippen molar-refractivity contribution >= 4 is 11.9 Å². The molecule has 6 nitrogen and oxygen atoms in total. The number of carboxylic acids is 1. The maximum absolute atomic E-state index is 12.2. The summed E-state index contributed by atoms with van der Waals surface area (Å²) in [5, 5.41) is 16.2. The molecular weight excluding hydrogens is 258 g/mol. The summed E-state index contributed by atoms with van der Waals surface area (Å²) in [7, 11) is 0. The number of hydrogen-bond acceptors (Lipinski definition) is 3. The minimum absolute atomic E-state index is 0.0762. The molecule has 0 spiro atoms. The highest BCUT2D eigenvalue weighted by Gasteiger charge is 2.41. The fourth-order valence-electron chi connectivity index (χ4n) is 2.94. The van der Waals surface area contributed by atoms with Crippen LogP contribution in [-0.2, 0) is 16.1 Å². The Bertz CT molecular complexity index is 472. The molecule has 110 valence electrons. The van der Waals surface area contributed by atoms with E-state index in [-0.39, 0.29) is 17.9 Å². The SMILES string of the molecule is CC1CC(C(=O)O)C(C(=O)NC(C)Cn2cccn2)C1. The van der Waals surface area contributed by atoms with E-state index in [9.17, 15) is 14.7 Å². The van der Waals surface area contributed by atoms with Gasteiger partial charge in [0.25, 0.3) is 0 Å². The van der Waals surface area contributed by atoms with Crippen LogP contribution in [0.4, 0.5) is 0 Å². The largest absolute Gasteiger partial charge is 0.481 e. The number of rotatable bonds is 5. The molecule has 1 saturated carbocycles. The van der Waals surface area contributed by atoms with E-state index < -0.39 is 17.8 Å². The van der Waals surface area contributed by atoms with Crippen molar-refractivity contribution in [1.29, 1.82) is 0 Å². The van der Waals surface area contributed by atoms with Gasteiger partial charge in [0.1, 0.15) is 0 Å². The van der Waals surface area contributed by atoms with Crippen molar-refractivity contribution in [2.45, 2.75) is 39.3 Å². The Morgan fingerprint density at radius 3 is 2.75 bits per heavy atom. The van der Waals surface area contributed by atoms with Gasteiger partial charge in [-0.15, -0.1) is 0 Å². The Balaban J connectivity index is 1.92. The number of aromatic nitrogens is 2. The number of carboxylic acid groups (broad SMARTS) is 1. The van der Waals surface area contributed by atoms with Gasteiger partial charge in [-0.3, -0.25) is 14.3 Å². The number of hydrogen-bond donors (Lipinski definition) is 2. The van der Waals surface area contributed by atoms with Crippen LogP contribution in [0.1, 0.15) is 26.7 Å². The highest BCUT2D eigenvalue weighted by Crippen LogP contribution is 2.36. The molecule has 20 heavy (non-hydrogen) atoms. The van der Waals surface area contributed by atoms with E-state index in [0.29, 0.717) is 19.4 Å². The molecule has 4 unspecified atom stereocenters. The number of carbonyl (C=O) groups is 2. The van der Waals surface area contributed by atoms with Gasteiger partial charge in [-0.2, -0.15) is 5.10 Å². The lowest BCUT2D eigenvalue weighted by Crippen LogP contribution is -2.41. The average Bonchev–Trinajstić information content (AvgIpc) is 2.97. The normalized spacial score (nSPS) is 27.2.